The van der Waals surface area contributed by atoms with Crippen molar-refractivity contribution < 1.29 is 36.3 Å². The third kappa shape index (κ3) is 7.73. The minimum Gasteiger partial charge on any atom is -0.453 e. The largest absolute Gasteiger partial charge is 0.453 e. The third-order valence-corrected chi connectivity index (χ3v) is 14.9. The SMILES string of the molecule is CCN(C)S(=O)(=O)Nc1ccc(F)c(Oc2ccc3ncn([C@H]4COC5(CCN(C6CC7(C6)CN(c6ccc(NC8CCC(=O)NC8=O)cc6F)C7)CC5)C4)c(=O)c3c2)c1C#N. The summed E-state index contributed by atoms with van der Waals surface area (Å²) in [4.78, 5) is 46.7. The number of likely N-dealkylation sites (tertiary alicyclic amines) is 1. The Bertz CT molecular complexity index is 2670. The van der Waals surface area contributed by atoms with Crippen LogP contribution in [-0.4, -0.2) is 103 Å². The summed E-state index contributed by atoms with van der Waals surface area (Å²) in [5.74, 6) is -2.35. The Kier molecular flexibility index (Phi) is 10.7. The quantitative estimate of drug-likeness (QED) is 0.178. The van der Waals surface area contributed by atoms with Crippen LogP contribution in [0.15, 0.2) is 59.7 Å². The molecule has 2 spiro atoms. The first-order valence-electron chi connectivity index (χ1n) is 20.9. The van der Waals surface area contributed by atoms with Crippen molar-refractivity contribution in [1.82, 2.24) is 24.1 Å². The van der Waals surface area contributed by atoms with E-state index >= 15 is 8.78 Å². The number of hydrogen-bond acceptors (Lipinski definition) is 12. The van der Waals surface area contributed by atoms with Crippen LogP contribution in [-0.2, 0) is 24.5 Å². The summed E-state index contributed by atoms with van der Waals surface area (Å²) in [6.45, 7) is 5.49. The fourth-order valence-corrected chi connectivity index (χ4v) is 10.7. The highest BCUT2D eigenvalue weighted by molar-refractivity contribution is 7.90. The maximum atomic E-state index is 15.2. The molecular formula is C43H47F2N9O7S. The van der Waals surface area contributed by atoms with Gasteiger partial charge >= 0.3 is 10.2 Å². The lowest BCUT2D eigenvalue weighted by Crippen LogP contribution is -2.67. The standard InChI is InChI=1S/C43H47F2N9O7S/c1-3-51(2)62(58,59)50-35-8-6-32(44)39(31(35)21-46)61-29-5-7-34-30(17-29)41(57)54(25-47-34)28-20-43(60-22-28)12-14-52(15-13-43)27-18-42(19-27)23-53(24-42)37-10-4-26(16-33(37)45)48-36-9-11-38(55)49-40(36)56/h4-8,10,16-17,25,27-28,36,48,50H,3,9,11-15,18-20,22-24H2,1-2H3,(H,49,55,56)/t28-,36?/m1/s1. The first kappa shape index (κ1) is 41.7. The molecular weight excluding hydrogens is 825 g/mol. The van der Waals surface area contributed by atoms with Gasteiger partial charge in [0.2, 0.25) is 11.8 Å². The predicted octanol–water partition coefficient (Wildman–Crippen LogP) is 4.63. The zero-order valence-electron chi connectivity index (χ0n) is 34.3. The third-order valence-electron chi connectivity index (χ3n) is 13.4. The van der Waals surface area contributed by atoms with E-state index in [1.807, 2.05) is 6.07 Å². The summed E-state index contributed by atoms with van der Waals surface area (Å²) in [6, 6.07) is 13.1. The number of nitriles is 1. The molecule has 2 atom stereocenters. The number of benzene rings is 3. The number of carbonyl (C=O) groups excluding carboxylic acids is 2. The van der Waals surface area contributed by atoms with Crippen molar-refractivity contribution in [3.05, 3.63) is 82.4 Å². The van der Waals surface area contributed by atoms with Crippen LogP contribution in [0.5, 0.6) is 11.5 Å². The minimum atomic E-state index is -4.02. The number of piperidine rings is 2. The van der Waals surface area contributed by atoms with Gasteiger partial charge in [-0.25, -0.2) is 13.8 Å². The van der Waals surface area contributed by atoms with E-state index in [0.29, 0.717) is 42.4 Å². The summed E-state index contributed by atoms with van der Waals surface area (Å²) in [5.41, 5.74) is 0.431. The second-order valence-electron chi connectivity index (χ2n) is 17.3. The van der Waals surface area contributed by atoms with Gasteiger partial charge in [0.15, 0.2) is 11.6 Å². The van der Waals surface area contributed by atoms with Crippen molar-refractivity contribution >= 4 is 50.0 Å². The number of nitrogens with zero attached hydrogens (tertiary/aromatic N) is 6. The van der Waals surface area contributed by atoms with Crippen LogP contribution >= 0.6 is 0 Å². The maximum Gasteiger partial charge on any atom is 0.301 e. The number of halogens is 2. The van der Waals surface area contributed by atoms with Crippen molar-refractivity contribution in [2.45, 2.75) is 75.6 Å². The molecule has 9 rings (SSSR count). The van der Waals surface area contributed by atoms with E-state index in [4.69, 9.17) is 9.47 Å². The highest BCUT2D eigenvalue weighted by Gasteiger charge is 2.55. The van der Waals surface area contributed by atoms with Gasteiger partial charge in [0.1, 0.15) is 29.2 Å². The zero-order valence-corrected chi connectivity index (χ0v) is 35.1. The molecule has 4 aliphatic heterocycles. The van der Waals surface area contributed by atoms with Gasteiger partial charge in [-0.2, -0.15) is 18.0 Å². The van der Waals surface area contributed by atoms with Gasteiger partial charge in [0, 0.05) is 63.3 Å². The summed E-state index contributed by atoms with van der Waals surface area (Å²) in [7, 11) is -2.65. The molecule has 1 unspecified atom stereocenters. The van der Waals surface area contributed by atoms with Crippen molar-refractivity contribution in [3.63, 3.8) is 0 Å². The number of aromatic nitrogens is 2. The second kappa shape index (κ2) is 15.9. The van der Waals surface area contributed by atoms with E-state index in [1.54, 1.807) is 29.7 Å². The Morgan fingerprint density at radius 3 is 2.52 bits per heavy atom. The normalized spacial score (nSPS) is 22.4. The number of imide groups is 1. The van der Waals surface area contributed by atoms with E-state index in [1.165, 1.54) is 31.6 Å². The number of nitrogens with one attached hydrogen (secondary N) is 3. The molecule has 5 heterocycles. The summed E-state index contributed by atoms with van der Waals surface area (Å²) >= 11 is 0. The lowest BCUT2D eigenvalue weighted by molar-refractivity contribution is -0.133. The average molecular weight is 872 g/mol. The highest BCUT2D eigenvalue weighted by atomic mass is 32.2. The Labute approximate surface area is 357 Å². The van der Waals surface area contributed by atoms with E-state index in [-0.39, 0.29) is 69.7 Å². The molecule has 62 heavy (non-hydrogen) atoms. The van der Waals surface area contributed by atoms with E-state index < -0.39 is 33.7 Å². The molecule has 5 fully saturated rings. The maximum absolute atomic E-state index is 15.2. The molecule has 326 valence electrons. The number of anilines is 3. The van der Waals surface area contributed by atoms with Gasteiger partial charge in [0.05, 0.1) is 46.9 Å². The highest BCUT2D eigenvalue weighted by Crippen LogP contribution is 2.53. The lowest BCUT2D eigenvalue weighted by atomic mass is 9.60. The van der Waals surface area contributed by atoms with E-state index in [0.717, 1.165) is 68.3 Å². The van der Waals surface area contributed by atoms with Gasteiger partial charge in [-0.1, -0.05) is 6.92 Å². The van der Waals surface area contributed by atoms with Gasteiger partial charge in [-0.3, -0.25) is 29.0 Å². The van der Waals surface area contributed by atoms with Gasteiger partial charge < -0.3 is 24.6 Å². The number of hydrogen-bond donors (Lipinski definition) is 3. The molecule has 19 heteroatoms. The number of ether oxygens (including phenoxy) is 2. The fourth-order valence-electron chi connectivity index (χ4n) is 9.72. The first-order valence-corrected chi connectivity index (χ1v) is 22.3. The summed E-state index contributed by atoms with van der Waals surface area (Å²) < 4.78 is 72.9. The number of carbonyl (C=O) groups is 2. The molecule has 16 nitrogen and oxygen atoms in total. The predicted molar refractivity (Wildman–Crippen MR) is 225 cm³/mol. The molecule has 1 aliphatic carbocycles. The van der Waals surface area contributed by atoms with Crippen molar-refractivity contribution in [2.75, 3.05) is 61.3 Å². The number of amides is 2. The molecule has 0 radical (unpaired) electrons. The van der Waals surface area contributed by atoms with Crippen LogP contribution in [0.3, 0.4) is 0 Å². The molecule has 0 bridgehead atoms. The van der Waals surface area contributed by atoms with Crippen LogP contribution in [0.2, 0.25) is 0 Å². The second-order valence-corrected chi connectivity index (χ2v) is 19.1. The van der Waals surface area contributed by atoms with Crippen LogP contribution in [0.4, 0.5) is 25.8 Å². The van der Waals surface area contributed by atoms with E-state index in [9.17, 15) is 28.1 Å². The molecule has 1 saturated carbocycles. The topological polar surface area (TPSA) is 191 Å². The molecule has 4 saturated heterocycles. The van der Waals surface area contributed by atoms with Crippen LogP contribution in [0.25, 0.3) is 10.9 Å². The van der Waals surface area contributed by atoms with Crippen LogP contribution in [0, 0.1) is 28.4 Å². The van der Waals surface area contributed by atoms with Gasteiger partial charge in [-0.05, 0) is 87.1 Å². The van der Waals surface area contributed by atoms with Crippen molar-refractivity contribution in [2.24, 2.45) is 5.41 Å². The lowest BCUT2D eigenvalue weighted by Gasteiger charge is -2.62. The Hall–Kier alpha value is -5.68. The Morgan fingerprint density at radius 2 is 1.81 bits per heavy atom. The van der Waals surface area contributed by atoms with Crippen LogP contribution in [0.1, 0.15) is 63.5 Å². The molecule has 2 amide bonds. The van der Waals surface area contributed by atoms with Gasteiger partial charge in [0.25, 0.3) is 5.56 Å². The molecule has 5 aliphatic rings. The summed E-state index contributed by atoms with van der Waals surface area (Å²) in [6.07, 6.45) is 6.53. The van der Waals surface area contributed by atoms with Gasteiger partial charge in [-0.15, -0.1) is 0 Å². The van der Waals surface area contributed by atoms with Crippen LogP contribution < -0.4 is 30.6 Å². The average Bonchev–Trinajstić information content (AvgIpc) is 3.63. The smallest absolute Gasteiger partial charge is 0.301 e. The van der Waals surface area contributed by atoms with E-state index in [2.05, 4.69) is 30.1 Å². The number of rotatable bonds is 11. The minimum absolute atomic E-state index is 0.0662. The fraction of sp³-hybridized carbons (Fsp3) is 0.465. The molecule has 1 aromatic heterocycles. The Morgan fingerprint density at radius 1 is 1.03 bits per heavy atom. The zero-order chi connectivity index (χ0) is 43.6. The molecule has 4 aromatic rings. The van der Waals surface area contributed by atoms with Crippen molar-refractivity contribution in [1.29, 1.82) is 5.26 Å². The Balaban J connectivity index is 0.794. The van der Waals surface area contributed by atoms with Crippen molar-refractivity contribution in [3.8, 4) is 17.6 Å². The molecule has 3 N–H and O–H groups in total. The number of fused-ring (bicyclic) bond motifs is 1. The molecule has 3 aromatic carbocycles. The monoisotopic (exact) mass is 871 g/mol. The summed E-state index contributed by atoms with van der Waals surface area (Å²) in [5, 5.41) is 15.5. The first-order chi connectivity index (χ1) is 29.7.